The lowest BCUT2D eigenvalue weighted by atomic mass is 9.81. The Morgan fingerprint density at radius 2 is 0.746 bits per heavy atom. The SMILES string of the molecule is C[Si]1(C)c2ccccc2-c2cc3c(-c4ccc(-c5ccccc5)c5ccccc45)c4ccc(-c5cccc6ccccc56)cc4c(-c4cccc5ccccc45)c3cc21. The molecule has 0 N–H and O–H groups in total. The molecule has 0 fully saturated rings. The van der Waals surface area contributed by atoms with Crippen LogP contribution in [0.2, 0.25) is 13.1 Å². The maximum Gasteiger partial charge on any atom is 0.113 e. The van der Waals surface area contributed by atoms with Crippen LogP contribution in [0.15, 0.2) is 206 Å². The summed E-state index contributed by atoms with van der Waals surface area (Å²) in [5.74, 6) is 0. The van der Waals surface area contributed by atoms with E-state index < -0.39 is 8.07 Å². The van der Waals surface area contributed by atoms with Gasteiger partial charge in [0, 0.05) is 0 Å². The van der Waals surface area contributed by atoms with Gasteiger partial charge in [-0.2, -0.15) is 0 Å². The van der Waals surface area contributed by atoms with Gasteiger partial charge in [-0.05, 0) is 132 Å². The van der Waals surface area contributed by atoms with Crippen molar-refractivity contribution in [2.75, 3.05) is 0 Å². The molecule has 0 saturated carbocycles. The van der Waals surface area contributed by atoms with Gasteiger partial charge in [0.1, 0.15) is 8.07 Å². The van der Waals surface area contributed by atoms with Gasteiger partial charge in [-0.1, -0.05) is 207 Å². The molecule has 12 rings (SSSR count). The fourth-order valence-corrected chi connectivity index (χ4v) is 13.6. The van der Waals surface area contributed by atoms with Gasteiger partial charge in [-0.25, -0.2) is 0 Å². The van der Waals surface area contributed by atoms with Crippen molar-refractivity contribution in [3.05, 3.63) is 206 Å². The molecule has 0 amide bonds. The highest BCUT2D eigenvalue weighted by molar-refractivity contribution is 7.04. The average molecular weight is 765 g/mol. The molecule has 0 nitrogen and oxygen atoms in total. The highest BCUT2D eigenvalue weighted by atomic mass is 28.3. The standard InChI is InChI=1S/C58H40Si/c1-59(2)55-29-13-12-26-47(55)51-35-53-54(36-56(51)59)58(48-28-15-21-39-19-7-9-23-42(39)48)52-34-40(43-27-14-20-38-18-6-8-22-41(38)43)30-31-50(52)57(53)49-33-32-44(37-16-4-3-5-17-37)45-24-10-11-25-46(45)49/h3-36H,1-2H3. The van der Waals surface area contributed by atoms with E-state index in [2.05, 4.69) is 219 Å². The first-order chi connectivity index (χ1) is 29.0. The number of hydrogen-bond acceptors (Lipinski definition) is 0. The minimum Gasteiger partial charge on any atom is -0.0623 e. The molecule has 0 saturated heterocycles. The van der Waals surface area contributed by atoms with E-state index in [1.54, 1.807) is 0 Å². The van der Waals surface area contributed by atoms with Gasteiger partial charge >= 0.3 is 0 Å². The molecule has 0 spiro atoms. The Balaban J connectivity index is 1.29. The molecule has 0 unspecified atom stereocenters. The van der Waals surface area contributed by atoms with Gasteiger partial charge in [-0.15, -0.1) is 0 Å². The second kappa shape index (κ2) is 13.0. The van der Waals surface area contributed by atoms with Crippen LogP contribution in [-0.2, 0) is 0 Å². The summed E-state index contributed by atoms with van der Waals surface area (Å²) in [5, 5.41) is 15.8. The van der Waals surface area contributed by atoms with Crippen molar-refractivity contribution in [3.8, 4) is 55.6 Å². The Kier molecular flexibility index (Phi) is 7.48. The molecule has 11 aromatic carbocycles. The normalized spacial score (nSPS) is 13.1. The lowest BCUT2D eigenvalue weighted by Gasteiger charge is -2.24. The smallest absolute Gasteiger partial charge is 0.0623 e. The molecule has 276 valence electrons. The summed E-state index contributed by atoms with van der Waals surface area (Å²) in [4.78, 5) is 0. The zero-order valence-corrected chi connectivity index (χ0v) is 34.1. The summed E-state index contributed by atoms with van der Waals surface area (Å²) in [7, 11) is -2.02. The summed E-state index contributed by atoms with van der Waals surface area (Å²) >= 11 is 0. The van der Waals surface area contributed by atoms with Crippen molar-refractivity contribution in [2.24, 2.45) is 0 Å². The maximum atomic E-state index is 2.63. The van der Waals surface area contributed by atoms with Crippen molar-refractivity contribution < 1.29 is 0 Å². The van der Waals surface area contributed by atoms with Gasteiger partial charge < -0.3 is 0 Å². The Morgan fingerprint density at radius 3 is 1.51 bits per heavy atom. The van der Waals surface area contributed by atoms with Crippen molar-refractivity contribution in [1.29, 1.82) is 0 Å². The van der Waals surface area contributed by atoms with Gasteiger partial charge in [0.15, 0.2) is 0 Å². The van der Waals surface area contributed by atoms with Crippen LogP contribution in [0.5, 0.6) is 0 Å². The fraction of sp³-hybridized carbons (Fsp3) is 0.0345. The average Bonchev–Trinajstić information content (AvgIpc) is 3.52. The topological polar surface area (TPSA) is 0 Å². The second-order valence-electron chi connectivity index (χ2n) is 16.8. The van der Waals surface area contributed by atoms with Crippen LogP contribution in [-0.4, -0.2) is 8.07 Å². The predicted molar refractivity (Wildman–Crippen MR) is 258 cm³/mol. The minimum atomic E-state index is -2.02. The van der Waals surface area contributed by atoms with E-state index in [9.17, 15) is 0 Å². The molecule has 0 atom stereocenters. The minimum absolute atomic E-state index is 1.23. The molecule has 0 aliphatic carbocycles. The van der Waals surface area contributed by atoms with E-state index in [0.29, 0.717) is 0 Å². The van der Waals surface area contributed by atoms with Crippen molar-refractivity contribution >= 4 is 72.3 Å². The molecule has 59 heavy (non-hydrogen) atoms. The Hall–Kier alpha value is -7.06. The summed E-state index contributed by atoms with van der Waals surface area (Å²) in [6.07, 6.45) is 0. The summed E-state index contributed by atoms with van der Waals surface area (Å²) in [6, 6.07) is 77.6. The molecule has 0 bridgehead atoms. The van der Waals surface area contributed by atoms with Crippen molar-refractivity contribution in [3.63, 3.8) is 0 Å². The Morgan fingerprint density at radius 1 is 0.254 bits per heavy atom. The van der Waals surface area contributed by atoms with Crippen LogP contribution < -0.4 is 10.4 Å². The molecular formula is C58H40Si. The van der Waals surface area contributed by atoms with E-state index in [1.807, 2.05) is 0 Å². The lowest BCUT2D eigenvalue weighted by molar-refractivity contribution is 1.64. The van der Waals surface area contributed by atoms with Gasteiger partial charge in [0.25, 0.3) is 0 Å². The van der Waals surface area contributed by atoms with Gasteiger partial charge in [-0.3, -0.25) is 0 Å². The predicted octanol–water partition coefficient (Wildman–Crippen LogP) is 14.9. The molecular weight excluding hydrogens is 725 g/mol. The van der Waals surface area contributed by atoms with E-state index in [-0.39, 0.29) is 0 Å². The first-order valence-corrected chi connectivity index (χ1v) is 23.8. The second-order valence-corrected chi connectivity index (χ2v) is 21.1. The third kappa shape index (κ3) is 5.08. The van der Waals surface area contributed by atoms with E-state index in [0.717, 1.165) is 0 Å². The molecule has 1 heterocycles. The lowest BCUT2D eigenvalue weighted by Crippen LogP contribution is -2.49. The van der Waals surface area contributed by atoms with Crippen LogP contribution >= 0.6 is 0 Å². The molecule has 0 radical (unpaired) electrons. The van der Waals surface area contributed by atoms with Crippen LogP contribution in [0, 0.1) is 0 Å². The molecule has 0 aromatic heterocycles. The Bertz CT molecular complexity index is 3510. The Labute approximate surface area is 345 Å². The monoisotopic (exact) mass is 764 g/mol. The molecule has 1 aliphatic rings. The number of fused-ring (bicyclic) bond motifs is 8. The zero-order chi connectivity index (χ0) is 39.2. The molecule has 11 aromatic rings. The quantitative estimate of drug-likeness (QED) is 0.124. The third-order valence-electron chi connectivity index (χ3n) is 13.3. The van der Waals surface area contributed by atoms with Crippen LogP contribution in [0.25, 0.3) is 109 Å². The van der Waals surface area contributed by atoms with Crippen molar-refractivity contribution in [2.45, 2.75) is 13.1 Å². The number of hydrogen-bond donors (Lipinski definition) is 0. The largest absolute Gasteiger partial charge is 0.113 e. The van der Waals surface area contributed by atoms with Gasteiger partial charge in [0.2, 0.25) is 0 Å². The van der Waals surface area contributed by atoms with Crippen LogP contribution in [0.4, 0.5) is 0 Å². The molecule has 1 heteroatoms. The molecule has 1 aliphatic heterocycles. The summed E-state index contributed by atoms with van der Waals surface area (Å²) in [5.41, 5.74) is 12.9. The summed E-state index contributed by atoms with van der Waals surface area (Å²) in [6.45, 7) is 5.08. The summed E-state index contributed by atoms with van der Waals surface area (Å²) < 4.78 is 0. The van der Waals surface area contributed by atoms with E-state index >= 15 is 0 Å². The zero-order valence-electron chi connectivity index (χ0n) is 33.1. The van der Waals surface area contributed by atoms with Crippen LogP contribution in [0.3, 0.4) is 0 Å². The first-order valence-electron chi connectivity index (χ1n) is 20.8. The highest BCUT2D eigenvalue weighted by Crippen LogP contribution is 2.50. The number of benzene rings is 11. The van der Waals surface area contributed by atoms with Crippen molar-refractivity contribution in [1.82, 2.24) is 0 Å². The third-order valence-corrected chi connectivity index (χ3v) is 16.8. The number of rotatable bonds is 4. The van der Waals surface area contributed by atoms with Crippen LogP contribution in [0.1, 0.15) is 0 Å². The van der Waals surface area contributed by atoms with E-state index in [1.165, 1.54) is 120 Å². The fourth-order valence-electron chi connectivity index (χ4n) is 10.5. The highest BCUT2D eigenvalue weighted by Gasteiger charge is 2.38. The maximum absolute atomic E-state index is 2.63. The van der Waals surface area contributed by atoms with Gasteiger partial charge in [0.05, 0.1) is 0 Å². The van der Waals surface area contributed by atoms with E-state index in [4.69, 9.17) is 0 Å². The first kappa shape index (κ1) is 34.0.